The van der Waals surface area contributed by atoms with Crippen molar-refractivity contribution in [2.75, 3.05) is 6.61 Å². The maximum absolute atomic E-state index is 13.3. The molecule has 2 heterocycles. The van der Waals surface area contributed by atoms with Gasteiger partial charge in [0.05, 0.1) is 12.6 Å². The van der Waals surface area contributed by atoms with Gasteiger partial charge in [0.15, 0.2) is 0 Å². The summed E-state index contributed by atoms with van der Waals surface area (Å²) < 4.78 is 44.6. The van der Waals surface area contributed by atoms with Crippen LogP contribution >= 0.6 is 0 Å². The molecule has 2 rings (SSSR count). The van der Waals surface area contributed by atoms with Crippen LogP contribution < -0.4 is 10.6 Å². The molecule has 0 unspecified atom stereocenters. The highest BCUT2D eigenvalue weighted by atomic mass is 19.4. The predicted molar refractivity (Wildman–Crippen MR) is 69.8 cm³/mol. The number of aliphatic hydroxyl groups is 1. The van der Waals surface area contributed by atoms with Crippen molar-refractivity contribution in [3.8, 4) is 0 Å². The number of carbonyl (C=O) groups is 2. The summed E-state index contributed by atoms with van der Waals surface area (Å²) in [6.45, 7) is 1.24. The number of amides is 2. The second-order valence-electron chi connectivity index (χ2n) is 4.85. The first-order chi connectivity index (χ1) is 10.7. The SMILES string of the molecule is CCOC(=O)[C@@H]1[C@@H](c2ccncc2)NC(=O)N[C@]1(O)C(F)(F)F. The Hall–Kier alpha value is -2.36. The molecule has 1 saturated heterocycles. The number of ether oxygens (including phenoxy) is 1. The van der Waals surface area contributed by atoms with Gasteiger partial charge >= 0.3 is 18.2 Å². The van der Waals surface area contributed by atoms with Crippen molar-refractivity contribution in [2.45, 2.75) is 24.9 Å². The maximum Gasteiger partial charge on any atom is 0.437 e. The van der Waals surface area contributed by atoms with E-state index in [0.717, 1.165) is 0 Å². The average Bonchev–Trinajstić information content (AvgIpc) is 2.46. The Balaban J connectivity index is 2.54. The molecule has 23 heavy (non-hydrogen) atoms. The van der Waals surface area contributed by atoms with Crippen LogP contribution in [0.2, 0.25) is 0 Å². The molecular formula is C13H14F3N3O4. The number of nitrogens with zero attached hydrogens (tertiary/aromatic N) is 1. The van der Waals surface area contributed by atoms with E-state index in [4.69, 9.17) is 0 Å². The van der Waals surface area contributed by atoms with E-state index in [1.807, 2.05) is 0 Å². The smallest absolute Gasteiger partial charge is 0.437 e. The first-order valence-electron chi connectivity index (χ1n) is 6.65. The normalized spacial score (nSPS) is 27.8. The minimum atomic E-state index is -5.28. The summed E-state index contributed by atoms with van der Waals surface area (Å²) in [5, 5.41) is 13.6. The monoisotopic (exact) mass is 333 g/mol. The molecule has 0 radical (unpaired) electrons. The van der Waals surface area contributed by atoms with E-state index in [-0.39, 0.29) is 12.2 Å². The maximum atomic E-state index is 13.3. The lowest BCUT2D eigenvalue weighted by atomic mass is 9.82. The molecule has 1 aromatic rings. The number of alkyl halides is 3. The number of urea groups is 1. The van der Waals surface area contributed by atoms with Gasteiger partial charge in [-0.3, -0.25) is 9.78 Å². The van der Waals surface area contributed by atoms with Crippen molar-refractivity contribution >= 4 is 12.0 Å². The molecule has 1 aliphatic rings. The van der Waals surface area contributed by atoms with Gasteiger partial charge < -0.3 is 20.5 Å². The molecule has 1 aliphatic heterocycles. The molecule has 10 heteroatoms. The van der Waals surface area contributed by atoms with E-state index in [1.165, 1.54) is 36.8 Å². The van der Waals surface area contributed by atoms with Crippen LogP contribution in [0.4, 0.5) is 18.0 Å². The molecule has 0 aliphatic carbocycles. The standard InChI is InChI=1S/C13H14F3N3O4/c1-2-23-10(20)8-9(7-3-5-17-6-4-7)18-11(21)19-12(8,22)13(14,15)16/h3-6,8-9,22H,2H2,1H3,(H2,18,19,21)/t8-,9+,12+/m0/s1. The minimum Gasteiger partial charge on any atom is -0.466 e. The molecule has 0 saturated carbocycles. The molecule has 2 amide bonds. The molecule has 3 atom stereocenters. The Bertz CT molecular complexity index is 596. The molecular weight excluding hydrogens is 319 g/mol. The number of pyridine rings is 1. The lowest BCUT2D eigenvalue weighted by Gasteiger charge is -2.44. The number of rotatable bonds is 3. The van der Waals surface area contributed by atoms with E-state index in [2.05, 4.69) is 15.0 Å². The van der Waals surface area contributed by atoms with E-state index in [0.29, 0.717) is 0 Å². The molecule has 7 nitrogen and oxygen atoms in total. The topological polar surface area (TPSA) is 101 Å². The highest BCUT2D eigenvalue weighted by Gasteiger charge is 2.67. The van der Waals surface area contributed by atoms with Crippen molar-refractivity contribution < 1.29 is 32.6 Å². The molecule has 0 aromatic carbocycles. The van der Waals surface area contributed by atoms with Crippen molar-refractivity contribution in [3.63, 3.8) is 0 Å². The van der Waals surface area contributed by atoms with Crippen LogP contribution in [0.3, 0.4) is 0 Å². The zero-order valence-corrected chi connectivity index (χ0v) is 11.9. The summed E-state index contributed by atoms with van der Waals surface area (Å²) in [6, 6.07) is -0.0249. The number of halogens is 3. The van der Waals surface area contributed by atoms with Gasteiger partial charge in [0.25, 0.3) is 5.72 Å². The van der Waals surface area contributed by atoms with Crippen molar-refractivity contribution in [2.24, 2.45) is 5.92 Å². The van der Waals surface area contributed by atoms with Crippen molar-refractivity contribution in [1.82, 2.24) is 15.6 Å². The van der Waals surface area contributed by atoms with Gasteiger partial charge in [0.1, 0.15) is 5.92 Å². The number of hydrogen-bond acceptors (Lipinski definition) is 5. The Labute approximate surface area is 128 Å². The van der Waals surface area contributed by atoms with Crippen LogP contribution in [0.5, 0.6) is 0 Å². The van der Waals surface area contributed by atoms with Gasteiger partial charge in [-0.05, 0) is 24.6 Å². The first kappa shape index (κ1) is 17.0. The first-order valence-corrected chi connectivity index (χ1v) is 6.65. The van der Waals surface area contributed by atoms with E-state index in [9.17, 15) is 27.9 Å². The second-order valence-corrected chi connectivity index (χ2v) is 4.85. The zero-order valence-electron chi connectivity index (χ0n) is 11.9. The van der Waals surface area contributed by atoms with E-state index in [1.54, 1.807) is 0 Å². The molecule has 1 aromatic heterocycles. The van der Waals surface area contributed by atoms with Crippen LogP contribution in [-0.4, -0.2) is 40.6 Å². The lowest BCUT2D eigenvalue weighted by Crippen LogP contribution is -2.73. The largest absolute Gasteiger partial charge is 0.466 e. The quantitative estimate of drug-likeness (QED) is 0.713. The third-order valence-corrected chi connectivity index (χ3v) is 3.41. The fourth-order valence-corrected chi connectivity index (χ4v) is 2.39. The highest BCUT2D eigenvalue weighted by Crippen LogP contribution is 2.42. The van der Waals surface area contributed by atoms with Gasteiger partial charge in [0, 0.05) is 12.4 Å². The number of nitrogens with one attached hydrogen (secondary N) is 2. The summed E-state index contributed by atoms with van der Waals surface area (Å²) in [7, 11) is 0. The van der Waals surface area contributed by atoms with Gasteiger partial charge in [0.2, 0.25) is 0 Å². The summed E-state index contributed by atoms with van der Waals surface area (Å²) in [4.78, 5) is 27.4. The minimum absolute atomic E-state index is 0.176. The fraction of sp³-hybridized carbons (Fsp3) is 0.462. The van der Waals surface area contributed by atoms with Gasteiger partial charge in [-0.25, -0.2) is 4.79 Å². The van der Waals surface area contributed by atoms with Crippen LogP contribution in [0.15, 0.2) is 24.5 Å². The summed E-state index contributed by atoms with van der Waals surface area (Å²) in [5.41, 5.74) is -3.58. The van der Waals surface area contributed by atoms with Crippen molar-refractivity contribution in [1.29, 1.82) is 0 Å². The molecule has 0 spiro atoms. The Morgan fingerprint density at radius 3 is 2.57 bits per heavy atom. The third kappa shape index (κ3) is 3.07. The molecule has 1 fully saturated rings. The van der Waals surface area contributed by atoms with Crippen LogP contribution in [0, 0.1) is 5.92 Å². The van der Waals surface area contributed by atoms with Crippen LogP contribution in [-0.2, 0) is 9.53 Å². The highest BCUT2D eigenvalue weighted by molar-refractivity contribution is 5.83. The number of aromatic nitrogens is 1. The van der Waals surface area contributed by atoms with Crippen LogP contribution in [0.25, 0.3) is 0 Å². The summed E-state index contributed by atoms with van der Waals surface area (Å²) in [6.07, 6.45) is -2.70. The van der Waals surface area contributed by atoms with Gasteiger partial charge in [-0.2, -0.15) is 13.2 Å². The number of esters is 1. The number of carbonyl (C=O) groups excluding carboxylic acids is 2. The Morgan fingerprint density at radius 1 is 1.43 bits per heavy atom. The lowest BCUT2D eigenvalue weighted by molar-refractivity contribution is -0.294. The summed E-state index contributed by atoms with van der Waals surface area (Å²) in [5.74, 6) is -3.41. The van der Waals surface area contributed by atoms with Crippen LogP contribution in [0.1, 0.15) is 18.5 Å². The van der Waals surface area contributed by atoms with Gasteiger partial charge in [-0.15, -0.1) is 0 Å². The average molecular weight is 333 g/mol. The zero-order chi connectivity index (χ0) is 17.3. The Kier molecular flexibility index (Phi) is 4.46. The predicted octanol–water partition coefficient (Wildman–Crippen LogP) is 0.866. The van der Waals surface area contributed by atoms with E-state index >= 15 is 0 Å². The van der Waals surface area contributed by atoms with E-state index < -0.39 is 35.9 Å². The molecule has 0 bridgehead atoms. The molecule has 126 valence electrons. The summed E-state index contributed by atoms with van der Waals surface area (Å²) >= 11 is 0. The Morgan fingerprint density at radius 2 is 2.04 bits per heavy atom. The van der Waals surface area contributed by atoms with Gasteiger partial charge in [-0.1, -0.05) is 0 Å². The third-order valence-electron chi connectivity index (χ3n) is 3.41. The molecule has 3 N–H and O–H groups in total. The van der Waals surface area contributed by atoms with Crippen molar-refractivity contribution in [3.05, 3.63) is 30.1 Å². The second kappa shape index (κ2) is 6.03. The fourth-order valence-electron chi connectivity index (χ4n) is 2.39. The number of hydrogen-bond donors (Lipinski definition) is 3.